The van der Waals surface area contributed by atoms with Gasteiger partial charge in [0, 0.05) is 23.9 Å². The number of hydrogen-bond donors (Lipinski definition) is 2. The first-order valence-electron chi connectivity index (χ1n) is 5.17. The molecule has 90 valence electrons. The third-order valence-electron chi connectivity index (χ3n) is 2.58. The molecule has 0 saturated carbocycles. The number of H-pyrrole nitrogens is 2. The van der Waals surface area contributed by atoms with Gasteiger partial charge in [-0.15, -0.1) is 0 Å². The zero-order valence-electron chi connectivity index (χ0n) is 9.00. The van der Waals surface area contributed by atoms with Crippen LogP contribution in [0, 0.1) is 5.82 Å². The minimum absolute atomic E-state index is 0.177. The molecule has 0 spiro atoms. The van der Waals surface area contributed by atoms with Crippen molar-refractivity contribution >= 4 is 27.0 Å². The first-order chi connectivity index (χ1) is 8.63. The lowest BCUT2D eigenvalue weighted by molar-refractivity contribution is 0.623. The highest BCUT2D eigenvalue weighted by atomic mass is 79.9. The third-order valence-corrected chi connectivity index (χ3v) is 3.19. The lowest BCUT2D eigenvalue weighted by Gasteiger charge is -1.93. The first kappa shape index (κ1) is 11.2. The van der Waals surface area contributed by atoms with Gasteiger partial charge in [-0.05, 0) is 28.1 Å². The number of nitrogens with one attached hydrogen (secondary N) is 2. The maximum absolute atomic E-state index is 13.4. The summed E-state index contributed by atoms with van der Waals surface area (Å²) >= 11 is 3.11. The zero-order chi connectivity index (χ0) is 12.7. The fourth-order valence-corrected chi connectivity index (χ4v) is 2.03. The Bertz CT molecular complexity index is 734. The second kappa shape index (κ2) is 4.06. The summed E-state index contributed by atoms with van der Waals surface area (Å²) in [6, 6.07) is 6.05. The maximum Gasteiger partial charge on any atom is 0.247 e. The molecular formula is C12H7BrFN3O. The van der Waals surface area contributed by atoms with E-state index in [1.807, 2.05) is 0 Å². The van der Waals surface area contributed by atoms with E-state index in [0.717, 1.165) is 5.56 Å². The molecule has 0 radical (unpaired) electrons. The van der Waals surface area contributed by atoms with Crippen LogP contribution in [0.2, 0.25) is 0 Å². The molecule has 18 heavy (non-hydrogen) atoms. The summed E-state index contributed by atoms with van der Waals surface area (Å²) in [7, 11) is 0. The standard InChI is InChI=1S/C12H7BrFN3O/c13-7-3-9-10(4-8(7)14)17-12(16-9)6-1-2-11(18)15-5-6/h1-5H,(H,15,18)(H,16,17). The smallest absolute Gasteiger partial charge is 0.247 e. The topological polar surface area (TPSA) is 61.5 Å². The molecule has 6 heteroatoms. The van der Waals surface area contributed by atoms with Crippen molar-refractivity contribution in [3.63, 3.8) is 0 Å². The molecule has 1 aromatic carbocycles. The van der Waals surface area contributed by atoms with Crippen LogP contribution in [0.3, 0.4) is 0 Å². The molecule has 0 saturated heterocycles. The molecule has 2 heterocycles. The Kier molecular flexibility index (Phi) is 2.52. The lowest BCUT2D eigenvalue weighted by atomic mass is 10.3. The highest BCUT2D eigenvalue weighted by Crippen LogP contribution is 2.24. The van der Waals surface area contributed by atoms with Crippen molar-refractivity contribution in [2.45, 2.75) is 0 Å². The molecule has 3 aromatic rings. The Balaban J connectivity index is 2.19. The van der Waals surface area contributed by atoms with E-state index in [-0.39, 0.29) is 11.4 Å². The van der Waals surface area contributed by atoms with Gasteiger partial charge in [0.2, 0.25) is 5.56 Å². The normalized spacial score (nSPS) is 11.0. The molecular weight excluding hydrogens is 301 g/mol. The fraction of sp³-hybridized carbons (Fsp3) is 0. The van der Waals surface area contributed by atoms with E-state index in [0.29, 0.717) is 21.3 Å². The molecule has 2 N–H and O–H groups in total. The van der Waals surface area contributed by atoms with Crippen molar-refractivity contribution in [2.24, 2.45) is 0 Å². The third kappa shape index (κ3) is 1.84. The first-order valence-corrected chi connectivity index (χ1v) is 5.97. The minimum Gasteiger partial charge on any atom is -0.338 e. The van der Waals surface area contributed by atoms with Gasteiger partial charge < -0.3 is 9.97 Å². The van der Waals surface area contributed by atoms with Gasteiger partial charge in [-0.3, -0.25) is 4.79 Å². The summed E-state index contributed by atoms with van der Waals surface area (Å²) in [6.07, 6.45) is 1.56. The van der Waals surface area contributed by atoms with Gasteiger partial charge in [0.05, 0.1) is 15.5 Å². The molecule has 0 amide bonds. The number of aromatic nitrogens is 3. The molecule has 0 aliphatic carbocycles. The van der Waals surface area contributed by atoms with Crippen molar-refractivity contribution in [3.05, 3.63) is 51.1 Å². The number of rotatable bonds is 1. The van der Waals surface area contributed by atoms with E-state index < -0.39 is 0 Å². The van der Waals surface area contributed by atoms with Gasteiger partial charge in [-0.1, -0.05) is 0 Å². The van der Waals surface area contributed by atoms with Crippen molar-refractivity contribution in [3.8, 4) is 11.4 Å². The van der Waals surface area contributed by atoms with Gasteiger partial charge in [0.15, 0.2) is 0 Å². The Labute approximate surface area is 109 Å². The molecule has 0 aliphatic rings. The van der Waals surface area contributed by atoms with Crippen LogP contribution in [-0.2, 0) is 0 Å². The van der Waals surface area contributed by atoms with Crippen LogP contribution in [0.15, 0.2) is 39.7 Å². The number of hydrogen-bond acceptors (Lipinski definition) is 2. The molecule has 0 bridgehead atoms. The maximum atomic E-state index is 13.4. The van der Waals surface area contributed by atoms with Crippen molar-refractivity contribution < 1.29 is 4.39 Å². The molecule has 2 aromatic heterocycles. The predicted octanol–water partition coefficient (Wildman–Crippen LogP) is 2.82. The number of fused-ring (bicyclic) bond motifs is 1. The van der Waals surface area contributed by atoms with Crippen LogP contribution < -0.4 is 5.56 Å². The molecule has 3 rings (SSSR count). The fourth-order valence-electron chi connectivity index (χ4n) is 1.70. The van der Waals surface area contributed by atoms with Crippen molar-refractivity contribution in [1.82, 2.24) is 15.0 Å². The highest BCUT2D eigenvalue weighted by Gasteiger charge is 2.08. The highest BCUT2D eigenvalue weighted by molar-refractivity contribution is 9.10. The Morgan fingerprint density at radius 2 is 2.11 bits per heavy atom. The van der Waals surface area contributed by atoms with Gasteiger partial charge >= 0.3 is 0 Å². The van der Waals surface area contributed by atoms with Gasteiger partial charge in [-0.2, -0.15) is 0 Å². The Morgan fingerprint density at radius 3 is 2.83 bits per heavy atom. The molecule has 4 nitrogen and oxygen atoms in total. The summed E-state index contributed by atoms with van der Waals surface area (Å²) in [5, 5.41) is 0. The number of benzene rings is 1. The summed E-state index contributed by atoms with van der Waals surface area (Å²) in [6.45, 7) is 0. The van der Waals surface area contributed by atoms with E-state index in [2.05, 4.69) is 30.9 Å². The number of imidazole rings is 1. The average Bonchev–Trinajstić information content (AvgIpc) is 2.73. The van der Waals surface area contributed by atoms with Crippen molar-refractivity contribution in [1.29, 1.82) is 0 Å². The van der Waals surface area contributed by atoms with E-state index in [9.17, 15) is 9.18 Å². The van der Waals surface area contributed by atoms with E-state index in [4.69, 9.17) is 0 Å². The van der Waals surface area contributed by atoms with Crippen LogP contribution in [0.4, 0.5) is 4.39 Å². The summed E-state index contributed by atoms with van der Waals surface area (Å²) in [5.41, 5.74) is 1.83. The van der Waals surface area contributed by atoms with E-state index in [1.54, 1.807) is 18.3 Å². The second-order valence-corrected chi connectivity index (χ2v) is 4.66. The Hall–Kier alpha value is -1.95. The average molecular weight is 308 g/mol. The lowest BCUT2D eigenvalue weighted by Crippen LogP contribution is -2.01. The molecule has 0 unspecified atom stereocenters. The minimum atomic E-state index is -0.348. The predicted molar refractivity (Wildman–Crippen MR) is 69.8 cm³/mol. The number of halogens is 2. The van der Waals surface area contributed by atoms with Gasteiger partial charge in [-0.25, -0.2) is 9.37 Å². The monoisotopic (exact) mass is 307 g/mol. The van der Waals surface area contributed by atoms with Crippen LogP contribution >= 0.6 is 15.9 Å². The van der Waals surface area contributed by atoms with Crippen LogP contribution in [-0.4, -0.2) is 15.0 Å². The van der Waals surface area contributed by atoms with E-state index >= 15 is 0 Å². The second-order valence-electron chi connectivity index (χ2n) is 3.81. The quantitative estimate of drug-likeness (QED) is 0.726. The molecule has 0 aliphatic heterocycles. The number of pyridine rings is 1. The summed E-state index contributed by atoms with van der Waals surface area (Å²) < 4.78 is 13.7. The molecule has 0 fully saturated rings. The Morgan fingerprint density at radius 1 is 1.28 bits per heavy atom. The van der Waals surface area contributed by atoms with E-state index in [1.165, 1.54) is 12.1 Å². The van der Waals surface area contributed by atoms with Gasteiger partial charge in [0.25, 0.3) is 0 Å². The van der Waals surface area contributed by atoms with Gasteiger partial charge in [0.1, 0.15) is 11.6 Å². The SMILES string of the molecule is O=c1ccc(-c2nc3cc(Br)c(F)cc3[nH]2)c[nH]1. The summed E-state index contributed by atoms with van der Waals surface area (Å²) in [5.74, 6) is 0.234. The zero-order valence-corrected chi connectivity index (χ0v) is 10.6. The number of nitrogens with zero attached hydrogens (tertiary/aromatic N) is 1. The van der Waals surface area contributed by atoms with Crippen LogP contribution in [0.5, 0.6) is 0 Å². The van der Waals surface area contributed by atoms with Crippen LogP contribution in [0.1, 0.15) is 0 Å². The molecule has 0 atom stereocenters. The number of aromatic amines is 2. The largest absolute Gasteiger partial charge is 0.338 e. The summed E-state index contributed by atoms with van der Waals surface area (Å²) in [4.78, 5) is 20.9. The van der Waals surface area contributed by atoms with Crippen LogP contribution in [0.25, 0.3) is 22.4 Å². The van der Waals surface area contributed by atoms with Crippen molar-refractivity contribution in [2.75, 3.05) is 0 Å².